The van der Waals surface area contributed by atoms with E-state index in [9.17, 15) is 4.79 Å². The molecule has 2 saturated heterocycles. The number of ketones is 1. The highest BCUT2D eigenvalue weighted by molar-refractivity contribution is 5.97. The number of fused-ring (bicyclic) bond motifs is 1. The van der Waals surface area contributed by atoms with Crippen LogP contribution in [0.25, 0.3) is 5.65 Å². The van der Waals surface area contributed by atoms with E-state index in [0.29, 0.717) is 37.6 Å². The Morgan fingerprint density at radius 2 is 1.65 bits per heavy atom. The number of hydrogen-bond donors (Lipinski definition) is 1. The SMILES string of the molecule is COc1c(N2CCOCC2)cc(C(=O)Cn2nc3ccc(N4CCOCC4)nn3c2=N)cc1C(C)(C)C. The molecule has 2 aliphatic heterocycles. The zero-order valence-electron chi connectivity index (χ0n) is 22.0. The number of Topliss-reactive ketones (excluding diaryl/α,β-unsaturated/α-hetero) is 1. The van der Waals surface area contributed by atoms with Gasteiger partial charge in [0.25, 0.3) is 0 Å². The summed E-state index contributed by atoms with van der Waals surface area (Å²) in [6.07, 6.45) is 0. The maximum atomic E-state index is 13.6. The van der Waals surface area contributed by atoms with Gasteiger partial charge in [-0.3, -0.25) is 10.2 Å². The quantitative estimate of drug-likeness (QED) is 0.502. The van der Waals surface area contributed by atoms with Gasteiger partial charge in [-0.25, -0.2) is 4.68 Å². The number of carbonyl (C=O) groups is 1. The van der Waals surface area contributed by atoms with Gasteiger partial charge in [-0.05, 0) is 29.7 Å². The summed E-state index contributed by atoms with van der Waals surface area (Å²) in [5.41, 5.74) is 2.76. The highest BCUT2D eigenvalue weighted by Gasteiger charge is 2.27. The molecule has 0 atom stereocenters. The van der Waals surface area contributed by atoms with Crippen LogP contribution in [-0.2, 0) is 21.4 Å². The van der Waals surface area contributed by atoms with Gasteiger partial charge in [0.05, 0.1) is 39.2 Å². The minimum atomic E-state index is -0.237. The van der Waals surface area contributed by atoms with Gasteiger partial charge >= 0.3 is 0 Å². The Kier molecular flexibility index (Phi) is 6.91. The lowest BCUT2D eigenvalue weighted by atomic mass is 9.84. The van der Waals surface area contributed by atoms with Crippen molar-refractivity contribution >= 4 is 22.9 Å². The van der Waals surface area contributed by atoms with Gasteiger partial charge in [0.15, 0.2) is 11.4 Å². The van der Waals surface area contributed by atoms with Gasteiger partial charge in [0.2, 0.25) is 5.62 Å². The van der Waals surface area contributed by atoms with Crippen molar-refractivity contribution in [3.8, 4) is 5.75 Å². The third kappa shape index (κ3) is 5.05. The second kappa shape index (κ2) is 10.1. The Morgan fingerprint density at radius 1 is 1.00 bits per heavy atom. The molecule has 0 bridgehead atoms. The molecule has 2 fully saturated rings. The average Bonchev–Trinajstić information content (AvgIpc) is 3.22. The molecule has 0 unspecified atom stereocenters. The molecule has 4 heterocycles. The van der Waals surface area contributed by atoms with Crippen LogP contribution in [0, 0.1) is 5.41 Å². The van der Waals surface area contributed by atoms with Crippen LogP contribution in [0.3, 0.4) is 0 Å². The van der Waals surface area contributed by atoms with E-state index >= 15 is 0 Å². The van der Waals surface area contributed by atoms with Gasteiger partial charge in [-0.1, -0.05) is 20.8 Å². The van der Waals surface area contributed by atoms with Gasteiger partial charge in [0, 0.05) is 37.3 Å². The van der Waals surface area contributed by atoms with Crippen molar-refractivity contribution in [3.05, 3.63) is 41.0 Å². The Morgan fingerprint density at radius 3 is 2.27 bits per heavy atom. The highest BCUT2D eigenvalue weighted by atomic mass is 16.5. The fourth-order valence-electron chi connectivity index (χ4n) is 4.80. The number of nitrogens with one attached hydrogen (secondary N) is 1. The molecule has 0 radical (unpaired) electrons. The van der Waals surface area contributed by atoms with Crippen LogP contribution in [0.1, 0.15) is 36.7 Å². The Labute approximate surface area is 216 Å². The Balaban J connectivity index is 1.48. The van der Waals surface area contributed by atoms with E-state index in [1.54, 1.807) is 7.11 Å². The van der Waals surface area contributed by atoms with E-state index in [-0.39, 0.29) is 23.4 Å². The lowest BCUT2D eigenvalue weighted by Gasteiger charge is -2.33. The second-order valence-corrected chi connectivity index (χ2v) is 10.4. The number of benzene rings is 1. The smallest absolute Gasteiger partial charge is 0.242 e. The van der Waals surface area contributed by atoms with Crippen LogP contribution in [0.2, 0.25) is 0 Å². The van der Waals surface area contributed by atoms with E-state index < -0.39 is 0 Å². The van der Waals surface area contributed by atoms with Gasteiger partial charge in [-0.15, -0.1) is 10.2 Å². The number of anilines is 2. The molecule has 2 aromatic heterocycles. The van der Waals surface area contributed by atoms with Crippen molar-refractivity contribution in [2.45, 2.75) is 32.7 Å². The fraction of sp³-hybridized carbons (Fsp3) is 0.538. The number of carbonyl (C=O) groups excluding carboxylic acids is 1. The van der Waals surface area contributed by atoms with Crippen LogP contribution in [0.4, 0.5) is 11.5 Å². The molecule has 0 aliphatic carbocycles. The van der Waals surface area contributed by atoms with Gasteiger partial charge < -0.3 is 24.0 Å². The van der Waals surface area contributed by atoms with Crippen molar-refractivity contribution in [2.75, 3.05) is 69.5 Å². The molecule has 0 amide bonds. The van der Waals surface area contributed by atoms with Crippen molar-refractivity contribution in [1.29, 1.82) is 5.41 Å². The number of morpholine rings is 2. The normalized spacial score (nSPS) is 16.9. The van der Waals surface area contributed by atoms with Crippen molar-refractivity contribution in [1.82, 2.24) is 19.4 Å². The van der Waals surface area contributed by atoms with Crippen LogP contribution < -0.4 is 20.2 Å². The first-order valence-corrected chi connectivity index (χ1v) is 12.7. The summed E-state index contributed by atoms with van der Waals surface area (Å²) >= 11 is 0. The molecule has 0 spiro atoms. The molecule has 198 valence electrons. The molecule has 11 heteroatoms. The molecule has 0 saturated carbocycles. The highest BCUT2D eigenvalue weighted by Crippen LogP contribution is 2.40. The molecule has 2 aliphatic rings. The first-order valence-electron chi connectivity index (χ1n) is 12.7. The summed E-state index contributed by atoms with van der Waals surface area (Å²) in [6, 6.07) is 7.54. The standard InChI is InChI=1S/C26H35N7O4/c1-26(2,3)19-15-18(16-20(24(19)35-4)30-7-11-36-12-8-30)21(34)17-32-25(27)33-23(28-32)6-5-22(29-33)31-9-13-37-14-10-31/h5-6,15-16,27H,7-14,17H2,1-4H3. The lowest BCUT2D eigenvalue weighted by Crippen LogP contribution is -2.37. The predicted molar refractivity (Wildman–Crippen MR) is 139 cm³/mol. The maximum absolute atomic E-state index is 13.6. The lowest BCUT2D eigenvalue weighted by molar-refractivity contribution is 0.0965. The molecule has 5 rings (SSSR count). The van der Waals surface area contributed by atoms with Crippen LogP contribution in [0.15, 0.2) is 24.3 Å². The molecular formula is C26H35N7O4. The summed E-state index contributed by atoms with van der Waals surface area (Å²) in [7, 11) is 1.67. The molecule has 11 nitrogen and oxygen atoms in total. The third-order valence-electron chi connectivity index (χ3n) is 6.85. The molecule has 3 aromatic rings. The van der Waals surface area contributed by atoms with Crippen molar-refractivity contribution in [2.24, 2.45) is 0 Å². The molecule has 1 N–H and O–H groups in total. The monoisotopic (exact) mass is 509 g/mol. The Hall–Kier alpha value is -3.44. The molecular weight excluding hydrogens is 474 g/mol. The number of hydrogen-bond acceptors (Lipinski definition) is 9. The van der Waals surface area contributed by atoms with E-state index in [2.05, 4.69) is 40.8 Å². The molecule has 1 aromatic carbocycles. The summed E-state index contributed by atoms with van der Waals surface area (Å²) in [5, 5.41) is 17.8. The predicted octanol–water partition coefficient (Wildman–Crippen LogP) is 1.87. The molecule has 37 heavy (non-hydrogen) atoms. The Bertz CT molecular complexity index is 1350. The summed E-state index contributed by atoms with van der Waals surface area (Å²) in [6.45, 7) is 11.8. The van der Waals surface area contributed by atoms with Crippen molar-refractivity contribution in [3.63, 3.8) is 0 Å². The first kappa shape index (κ1) is 25.2. The van der Waals surface area contributed by atoms with Crippen molar-refractivity contribution < 1.29 is 19.0 Å². The number of rotatable bonds is 6. The summed E-state index contributed by atoms with van der Waals surface area (Å²) < 4.78 is 19.7. The topological polar surface area (TPSA) is 110 Å². The van der Waals surface area contributed by atoms with Crippen LogP contribution >= 0.6 is 0 Å². The van der Waals surface area contributed by atoms with E-state index in [1.165, 1.54) is 9.20 Å². The zero-order chi connectivity index (χ0) is 26.2. The largest absolute Gasteiger partial charge is 0.494 e. The average molecular weight is 510 g/mol. The minimum Gasteiger partial charge on any atom is -0.494 e. The first-order chi connectivity index (χ1) is 17.8. The van der Waals surface area contributed by atoms with E-state index in [4.69, 9.17) is 19.6 Å². The summed E-state index contributed by atoms with van der Waals surface area (Å²) in [5.74, 6) is 1.42. The maximum Gasteiger partial charge on any atom is 0.242 e. The van der Waals surface area contributed by atoms with Gasteiger partial charge in [0.1, 0.15) is 18.1 Å². The van der Waals surface area contributed by atoms with Crippen LogP contribution in [0.5, 0.6) is 5.75 Å². The van der Waals surface area contributed by atoms with Crippen LogP contribution in [-0.4, -0.2) is 84.9 Å². The third-order valence-corrected chi connectivity index (χ3v) is 6.85. The van der Waals surface area contributed by atoms with Gasteiger partial charge in [-0.2, -0.15) is 4.52 Å². The minimum absolute atomic E-state index is 0.0522. The number of ether oxygens (including phenoxy) is 3. The second-order valence-electron chi connectivity index (χ2n) is 10.4. The summed E-state index contributed by atoms with van der Waals surface area (Å²) in [4.78, 5) is 17.9. The zero-order valence-corrected chi connectivity index (χ0v) is 22.0. The number of nitrogens with zero attached hydrogens (tertiary/aromatic N) is 6. The van der Waals surface area contributed by atoms with E-state index in [1.807, 2.05) is 24.3 Å². The number of methoxy groups -OCH3 is 1. The number of aromatic nitrogens is 4. The fourth-order valence-corrected chi connectivity index (χ4v) is 4.80. The van der Waals surface area contributed by atoms with E-state index in [0.717, 1.165) is 49.0 Å².